The first-order valence-corrected chi connectivity index (χ1v) is 10.7. The second kappa shape index (κ2) is 10.2. The summed E-state index contributed by atoms with van der Waals surface area (Å²) in [5.41, 5.74) is 2.49. The SMILES string of the molecule is CCOc1ccc(C2=NC(=Cc3ccc(OCc4ccccc4Cl)c(OC)c3)C(=O)O2)cc1. The molecule has 0 spiro atoms. The van der Waals surface area contributed by atoms with E-state index in [9.17, 15) is 4.79 Å². The molecule has 3 aromatic carbocycles. The minimum atomic E-state index is -0.517. The van der Waals surface area contributed by atoms with Crippen LogP contribution in [0.15, 0.2) is 77.4 Å². The van der Waals surface area contributed by atoms with Gasteiger partial charge in [0.05, 0.1) is 13.7 Å². The van der Waals surface area contributed by atoms with Crippen LogP contribution in [-0.2, 0) is 16.1 Å². The quantitative estimate of drug-likeness (QED) is 0.318. The lowest BCUT2D eigenvalue weighted by atomic mass is 10.1. The summed E-state index contributed by atoms with van der Waals surface area (Å²) in [5, 5.41) is 0.638. The first-order chi connectivity index (χ1) is 16.1. The van der Waals surface area contributed by atoms with Crippen molar-refractivity contribution in [2.45, 2.75) is 13.5 Å². The van der Waals surface area contributed by atoms with E-state index in [0.29, 0.717) is 35.3 Å². The Labute approximate surface area is 197 Å². The van der Waals surface area contributed by atoms with E-state index in [1.54, 1.807) is 37.5 Å². The van der Waals surface area contributed by atoms with E-state index in [2.05, 4.69) is 4.99 Å². The number of benzene rings is 3. The first kappa shape index (κ1) is 22.4. The lowest BCUT2D eigenvalue weighted by molar-refractivity contribution is -0.129. The fraction of sp³-hybridized carbons (Fsp3) is 0.154. The minimum Gasteiger partial charge on any atom is -0.494 e. The first-order valence-electron chi connectivity index (χ1n) is 10.4. The molecule has 6 nitrogen and oxygen atoms in total. The highest BCUT2D eigenvalue weighted by Gasteiger charge is 2.24. The number of aliphatic imine (C=N–C) groups is 1. The Kier molecular flexibility index (Phi) is 6.95. The molecule has 7 heteroatoms. The van der Waals surface area contributed by atoms with Gasteiger partial charge in [-0.2, -0.15) is 0 Å². The van der Waals surface area contributed by atoms with Gasteiger partial charge in [0.15, 0.2) is 17.2 Å². The van der Waals surface area contributed by atoms with Crippen LogP contribution < -0.4 is 14.2 Å². The van der Waals surface area contributed by atoms with Gasteiger partial charge in [-0.3, -0.25) is 0 Å². The molecule has 33 heavy (non-hydrogen) atoms. The molecule has 0 saturated heterocycles. The van der Waals surface area contributed by atoms with Gasteiger partial charge >= 0.3 is 5.97 Å². The molecule has 1 heterocycles. The van der Waals surface area contributed by atoms with Crippen LogP contribution in [0.3, 0.4) is 0 Å². The Morgan fingerprint density at radius 1 is 1.00 bits per heavy atom. The summed E-state index contributed by atoms with van der Waals surface area (Å²) in [6.07, 6.45) is 1.64. The second-order valence-corrected chi connectivity index (χ2v) is 7.49. The summed E-state index contributed by atoms with van der Waals surface area (Å²) in [4.78, 5) is 16.7. The highest BCUT2D eigenvalue weighted by molar-refractivity contribution is 6.31. The van der Waals surface area contributed by atoms with Crippen LogP contribution in [0.2, 0.25) is 5.02 Å². The Morgan fingerprint density at radius 2 is 1.79 bits per heavy atom. The van der Waals surface area contributed by atoms with Crippen molar-refractivity contribution in [1.82, 2.24) is 0 Å². The molecule has 0 fully saturated rings. The van der Waals surface area contributed by atoms with E-state index >= 15 is 0 Å². The lowest BCUT2D eigenvalue weighted by Gasteiger charge is -2.12. The van der Waals surface area contributed by atoms with Crippen LogP contribution >= 0.6 is 11.6 Å². The molecule has 0 saturated carbocycles. The summed E-state index contributed by atoms with van der Waals surface area (Å²) in [6, 6.07) is 20.1. The number of carbonyl (C=O) groups is 1. The fourth-order valence-electron chi connectivity index (χ4n) is 3.22. The number of rotatable bonds is 8. The van der Waals surface area contributed by atoms with Crippen LogP contribution in [0.5, 0.6) is 17.2 Å². The Bertz CT molecular complexity index is 1220. The van der Waals surface area contributed by atoms with E-state index in [4.69, 9.17) is 30.5 Å². The van der Waals surface area contributed by atoms with Crippen molar-refractivity contribution < 1.29 is 23.7 Å². The lowest BCUT2D eigenvalue weighted by Crippen LogP contribution is -2.05. The van der Waals surface area contributed by atoms with Crippen molar-refractivity contribution in [1.29, 1.82) is 0 Å². The molecule has 0 N–H and O–H groups in total. The van der Waals surface area contributed by atoms with Crippen LogP contribution in [0.25, 0.3) is 6.08 Å². The summed E-state index contributed by atoms with van der Waals surface area (Å²) in [5.74, 6) is 1.56. The number of hydrogen-bond acceptors (Lipinski definition) is 6. The third-order valence-electron chi connectivity index (χ3n) is 4.86. The van der Waals surface area contributed by atoms with Crippen LogP contribution in [0.4, 0.5) is 0 Å². The predicted octanol–water partition coefficient (Wildman–Crippen LogP) is 5.67. The van der Waals surface area contributed by atoms with Gasteiger partial charge < -0.3 is 18.9 Å². The monoisotopic (exact) mass is 463 g/mol. The van der Waals surface area contributed by atoms with Gasteiger partial charge in [-0.1, -0.05) is 35.9 Å². The molecule has 0 radical (unpaired) electrons. The van der Waals surface area contributed by atoms with Crippen molar-refractivity contribution in [2.24, 2.45) is 4.99 Å². The molecular weight excluding hydrogens is 442 g/mol. The van der Waals surface area contributed by atoms with Crippen molar-refractivity contribution in [3.63, 3.8) is 0 Å². The molecule has 0 aromatic heterocycles. The largest absolute Gasteiger partial charge is 0.494 e. The van der Waals surface area contributed by atoms with Gasteiger partial charge in [-0.25, -0.2) is 9.79 Å². The Balaban J connectivity index is 1.52. The number of halogens is 1. The van der Waals surface area contributed by atoms with Crippen molar-refractivity contribution in [3.8, 4) is 17.2 Å². The maximum Gasteiger partial charge on any atom is 0.363 e. The zero-order valence-electron chi connectivity index (χ0n) is 18.2. The third kappa shape index (κ3) is 5.35. The van der Waals surface area contributed by atoms with Crippen molar-refractivity contribution in [2.75, 3.05) is 13.7 Å². The smallest absolute Gasteiger partial charge is 0.363 e. The molecule has 0 unspecified atom stereocenters. The summed E-state index contributed by atoms with van der Waals surface area (Å²) >= 11 is 6.19. The molecule has 4 rings (SSSR count). The second-order valence-electron chi connectivity index (χ2n) is 7.08. The van der Waals surface area contributed by atoms with Crippen LogP contribution in [-0.4, -0.2) is 25.6 Å². The molecule has 0 bridgehead atoms. The average molecular weight is 464 g/mol. The molecule has 168 valence electrons. The van der Waals surface area contributed by atoms with Gasteiger partial charge in [0, 0.05) is 16.1 Å². The number of ether oxygens (including phenoxy) is 4. The van der Waals surface area contributed by atoms with E-state index in [1.807, 2.05) is 49.4 Å². The van der Waals surface area contributed by atoms with Gasteiger partial charge in [0.25, 0.3) is 0 Å². The van der Waals surface area contributed by atoms with Gasteiger partial charge in [-0.15, -0.1) is 0 Å². The van der Waals surface area contributed by atoms with E-state index in [1.165, 1.54) is 0 Å². The zero-order chi connectivity index (χ0) is 23.2. The molecule has 1 aliphatic heterocycles. The summed E-state index contributed by atoms with van der Waals surface area (Å²) in [7, 11) is 1.56. The molecular formula is C26H22ClNO5. The number of cyclic esters (lactones) is 1. The van der Waals surface area contributed by atoms with Gasteiger partial charge in [0.2, 0.25) is 5.90 Å². The number of esters is 1. The molecule has 0 aliphatic carbocycles. The van der Waals surface area contributed by atoms with E-state index in [0.717, 1.165) is 16.9 Å². The van der Waals surface area contributed by atoms with Crippen molar-refractivity contribution in [3.05, 3.63) is 94.1 Å². The topological polar surface area (TPSA) is 66.3 Å². The maximum atomic E-state index is 12.3. The number of methoxy groups -OCH3 is 1. The van der Waals surface area contributed by atoms with Crippen molar-refractivity contribution >= 4 is 29.5 Å². The number of nitrogens with zero attached hydrogens (tertiary/aromatic N) is 1. The molecule has 0 amide bonds. The zero-order valence-corrected chi connectivity index (χ0v) is 19.0. The average Bonchev–Trinajstić information content (AvgIpc) is 3.19. The molecule has 0 atom stereocenters. The highest BCUT2D eigenvalue weighted by atomic mass is 35.5. The number of hydrogen-bond donors (Lipinski definition) is 0. The minimum absolute atomic E-state index is 0.200. The van der Waals surface area contributed by atoms with E-state index in [-0.39, 0.29) is 11.6 Å². The number of carbonyl (C=O) groups excluding carboxylic acids is 1. The van der Waals surface area contributed by atoms with Gasteiger partial charge in [0.1, 0.15) is 12.4 Å². The maximum absolute atomic E-state index is 12.3. The third-order valence-corrected chi connectivity index (χ3v) is 5.23. The predicted molar refractivity (Wildman–Crippen MR) is 127 cm³/mol. The molecule has 1 aliphatic rings. The highest BCUT2D eigenvalue weighted by Crippen LogP contribution is 2.31. The Hall–Kier alpha value is -3.77. The van der Waals surface area contributed by atoms with E-state index < -0.39 is 5.97 Å². The molecule has 3 aromatic rings. The van der Waals surface area contributed by atoms with Gasteiger partial charge in [-0.05, 0) is 61.0 Å². The normalized spacial score (nSPS) is 14.1. The Morgan fingerprint density at radius 3 is 2.52 bits per heavy atom. The van der Waals surface area contributed by atoms with Crippen LogP contribution in [0.1, 0.15) is 23.6 Å². The standard InChI is InChI=1S/C26H22ClNO5/c1-3-31-20-11-9-18(10-12-20)25-28-22(26(29)33-25)14-17-8-13-23(24(15-17)30-2)32-16-19-6-4-5-7-21(19)27/h4-15H,3,16H2,1-2H3. The van der Waals surface area contributed by atoms with Crippen LogP contribution in [0, 0.1) is 0 Å². The summed E-state index contributed by atoms with van der Waals surface area (Å²) in [6.45, 7) is 2.80. The summed E-state index contributed by atoms with van der Waals surface area (Å²) < 4.78 is 22.1. The fourth-order valence-corrected chi connectivity index (χ4v) is 3.41.